The van der Waals surface area contributed by atoms with Gasteiger partial charge >= 0.3 is 18.9 Å². The number of hydrogen-bond acceptors (Lipinski definition) is 7. The van der Waals surface area contributed by atoms with Crippen LogP contribution >= 0.6 is 0 Å². The highest BCUT2D eigenvalue weighted by Gasteiger charge is 2.54. The van der Waals surface area contributed by atoms with Crippen molar-refractivity contribution in [1.82, 2.24) is 0 Å². The number of rotatable bonds is 3. The molecule has 0 amide bonds. The molecule has 0 aromatic heterocycles. The van der Waals surface area contributed by atoms with E-state index in [4.69, 9.17) is 35.7 Å². The molecule has 0 saturated carbocycles. The van der Waals surface area contributed by atoms with Gasteiger partial charge in [0.05, 0.1) is 7.05 Å². The lowest BCUT2D eigenvalue weighted by molar-refractivity contribution is -1.13. The van der Waals surface area contributed by atoms with Crippen LogP contribution in [0.2, 0.25) is 0 Å². The van der Waals surface area contributed by atoms with E-state index >= 15 is 0 Å². The Labute approximate surface area is 67.4 Å². The number of nitrogens with zero attached hydrogens (tertiary/aromatic N) is 1. The first-order valence-electron chi connectivity index (χ1n) is 2.89. The molecule has 0 rings (SSSR count). The van der Waals surface area contributed by atoms with Gasteiger partial charge in [0, 0.05) is 0 Å². The zero-order valence-electron chi connectivity index (χ0n) is 6.23. The Morgan fingerprint density at radius 1 is 0.917 bits per heavy atom. The van der Waals surface area contributed by atoms with Gasteiger partial charge in [0.25, 0.3) is 0 Å². The Morgan fingerprint density at radius 2 is 1.17 bits per heavy atom. The molecule has 0 radical (unpaired) electrons. The molecule has 0 spiro atoms. The molecule has 12 heavy (non-hydrogen) atoms. The third kappa shape index (κ3) is 1.71. The lowest BCUT2D eigenvalue weighted by Crippen LogP contribution is -2.71. The molecule has 74 valence electrons. The third-order valence-corrected chi connectivity index (χ3v) is 1.61. The topological polar surface area (TPSA) is 142 Å². The minimum Gasteiger partial charge on any atom is -0.321 e. The standard InChI is InChI=1S/C4H12NO7/c1-5(2(6)7,3(8)9)4(10,11)12/h2-3,6-12H,1H3/q+1. The van der Waals surface area contributed by atoms with E-state index in [2.05, 4.69) is 0 Å². The van der Waals surface area contributed by atoms with Crippen LogP contribution in [0.15, 0.2) is 0 Å². The van der Waals surface area contributed by atoms with Gasteiger partial charge < -0.3 is 20.4 Å². The second-order valence-electron chi connectivity index (χ2n) is 2.44. The zero-order valence-corrected chi connectivity index (χ0v) is 6.23. The maximum absolute atomic E-state index is 8.52. The lowest BCUT2D eigenvalue weighted by atomic mass is 10.5. The SMILES string of the molecule is C[N+](C(O)O)(C(O)O)C(O)(O)O. The first-order valence-corrected chi connectivity index (χ1v) is 2.89. The van der Waals surface area contributed by atoms with Gasteiger partial charge in [0.1, 0.15) is 0 Å². The van der Waals surface area contributed by atoms with Crippen molar-refractivity contribution >= 4 is 0 Å². The van der Waals surface area contributed by atoms with Crippen LogP contribution in [0, 0.1) is 0 Å². The molecule has 0 aliphatic heterocycles. The summed E-state index contributed by atoms with van der Waals surface area (Å²) in [5, 5.41) is 59.6. The fourth-order valence-electron chi connectivity index (χ4n) is 0.429. The summed E-state index contributed by atoms with van der Waals surface area (Å²) in [6.07, 6.45) is -8.79. The van der Waals surface area contributed by atoms with E-state index in [0.29, 0.717) is 7.05 Å². The average molecular weight is 186 g/mol. The van der Waals surface area contributed by atoms with Crippen LogP contribution in [0.4, 0.5) is 0 Å². The van der Waals surface area contributed by atoms with Gasteiger partial charge in [0.15, 0.2) is 0 Å². The van der Waals surface area contributed by atoms with Crippen molar-refractivity contribution in [2.24, 2.45) is 0 Å². The van der Waals surface area contributed by atoms with Gasteiger partial charge in [0.2, 0.25) is 0 Å². The predicted molar refractivity (Wildman–Crippen MR) is 32.0 cm³/mol. The average Bonchev–Trinajstić information content (AvgIpc) is 1.82. The molecule has 0 fully saturated rings. The van der Waals surface area contributed by atoms with E-state index in [1.165, 1.54) is 0 Å². The highest BCUT2D eigenvalue weighted by atomic mass is 16.7. The lowest BCUT2D eigenvalue weighted by Gasteiger charge is -2.40. The maximum atomic E-state index is 8.52. The van der Waals surface area contributed by atoms with Crippen molar-refractivity contribution < 1.29 is 40.2 Å². The van der Waals surface area contributed by atoms with Gasteiger partial charge in [-0.15, -0.1) is 4.48 Å². The van der Waals surface area contributed by atoms with Gasteiger partial charge in [-0.1, -0.05) is 0 Å². The second-order valence-corrected chi connectivity index (χ2v) is 2.44. The summed E-state index contributed by atoms with van der Waals surface area (Å²) in [5.74, 6) is 0. The molecule has 0 heterocycles. The molecule has 0 aromatic rings. The molecule has 0 atom stereocenters. The van der Waals surface area contributed by atoms with Gasteiger partial charge in [-0.25, -0.2) is 0 Å². The Bertz CT molecular complexity index is 142. The quantitative estimate of drug-likeness (QED) is 0.174. The van der Waals surface area contributed by atoms with Crippen molar-refractivity contribution in [2.45, 2.75) is 18.9 Å². The summed E-state index contributed by atoms with van der Waals surface area (Å²) < 4.78 is -1.98. The molecule has 8 heteroatoms. The molecule has 0 unspecified atom stereocenters. The second kappa shape index (κ2) is 3.20. The third-order valence-electron chi connectivity index (χ3n) is 1.61. The largest absolute Gasteiger partial charge is 0.450 e. The van der Waals surface area contributed by atoms with E-state index in [9.17, 15) is 0 Å². The van der Waals surface area contributed by atoms with Crippen molar-refractivity contribution in [1.29, 1.82) is 0 Å². The minimum atomic E-state index is -3.66. The Morgan fingerprint density at radius 3 is 1.17 bits per heavy atom. The van der Waals surface area contributed by atoms with Crippen LogP contribution in [0.5, 0.6) is 0 Å². The molecule has 0 bridgehead atoms. The van der Waals surface area contributed by atoms with Crippen molar-refractivity contribution in [3.63, 3.8) is 0 Å². The van der Waals surface area contributed by atoms with Crippen molar-refractivity contribution in [3.05, 3.63) is 0 Å². The first-order chi connectivity index (χ1) is 5.14. The smallest absolute Gasteiger partial charge is 0.321 e. The zero-order chi connectivity index (χ0) is 10.2. The van der Waals surface area contributed by atoms with Crippen LogP contribution in [0.1, 0.15) is 0 Å². The molecule has 7 N–H and O–H groups in total. The van der Waals surface area contributed by atoms with Crippen LogP contribution < -0.4 is 0 Å². The summed E-state index contributed by atoms with van der Waals surface area (Å²) in [5.41, 5.74) is 0. The minimum absolute atomic E-state index is 0.606. The fraction of sp³-hybridized carbons (Fsp3) is 1.00. The van der Waals surface area contributed by atoms with Gasteiger partial charge in [-0.05, 0) is 0 Å². The van der Waals surface area contributed by atoms with Crippen LogP contribution in [-0.4, -0.2) is 66.2 Å². The monoisotopic (exact) mass is 186 g/mol. The number of quaternary nitrogens is 1. The normalized spacial score (nSPS) is 14.5. The summed E-state index contributed by atoms with van der Waals surface area (Å²) in [7, 11) is 0.606. The maximum Gasteiger partial charge on any atom is 0.450 e. The highest BCUT2D eigenvalue weighted by molar-refractivity contribution is 4.31. The highest BCUT2D eigenvalue weighted by Crippen LogP contribution is 2.19. The van der Waals surface area contributed by atoms with Crippen LogP contribution in [0.25, 0.3) is 0 Å². The number of aliphatic hydroxyl groups excluding tert-OH is 2. The summed E-state index contributed by atoms with van der Waals surface area (Å²) >= 11 is 0. The summed E-state index contributed by atoms with van der Waals surface area (Å²) in [6.45, 7) is 0. The summed E-state index contributed by atoms with van der Waals surface area (Å²) in [4.78, 5) is 0. The fourth-order valence-corrected chi connectivity index (χ4v) is 0.429. The first kappa shape index (κ1) is 11.7. The summed E-state index contributed by atoms with van der Waals surface area (Å²) in [6, 6.07) is 0. The Balaban J connectivity index is 4.89. The van der Waals surface area contributed by atoms with Crippen molar-refractivity contribution in [3.8, 4) is 0 Å². The van der Waals surface area contributed by atoms with Crippen molar-refractivity contribution in [2.75, 3.05) is 7.05 Å². The molecular formula is C4H12NO7+. The number of aliphatic hydroxyl groups is 7. The molecule has 8 nitrogen and oxygen atoms in total. The van der Waals surface area contributed by atoms with E-state index in [1.807, 2.05) is 0 Å². The molecule has 0 aromatic carbocycles. The van der Waals surface area contributed by atoms with E-state index in [1.54, 1.807) is 0 Å². The van der Waals surface area contributed by atoms with E-state index < -0.39 is 23.4 Å². The van der Waals surface area contributed by atoms with Crippen LogP contribution in [-0.2, 0) is 0 Å². The predicted octanol–water partition coefficient (Wildman–Crippen LogP) is -4.44. The van der Waals surface area contributed by atoms with Crippen LogP contribution in [0.3, 0.4) is 0 Å². The van der Waals surface area contributed by atoms with E-state index in [-0.39, 0.29) is 0 Å². The Hall–Kier alpha value is -0.320. The number of hydrogen-bond donors (Lipinski definition) is 7. The molecule has 0 aliphatic carbocycles. The van der Waals surface area contributed by atoms with Gasteiger partial charge in [-0.3, -0.25) is 15.3 Å². The van der Waals surface area contributed by atoms with E-state index in [0.717, 1.165) is 0 Å². The molecule has 0 aliphatic rings. The van der Waals surface area contributed by atoms with Gasteiger partial charge in [-0.2, -0.15) is 0 Å². The molecular weight excluding hydrogens is 174 g/mol. The Kier molecular flexibility index (Phi) is 3.12. The molecule has 0 saturated heterocycles.